The van der Waals surface area contributed by atoms with Gasteiger partial charge in [-0.25, -0.2) is 4.79 Å². The normalized spacial score (nSPS) is 11.6. The molecule has 3 amide bonds. The first-order valence-corrected chi connectivity index (χ1v) is 16.7. The number of benzene rings is 5. The fraction of sp³-hybridized carbons (Fsp3) is 0.0769. The van der Waals surface area contributed by atoms with Crippen molar-refractivity contribution < 1.29 is 29.0 Å². The van der Waals surface area contributed by atoms with Gasteiger partial charge in [0, 0.05) is 21.8 Å². The number of aromatic carboxylic acids is 1. The number of carbonyl (C=O) groups is 4. The van der Waals surface area contributed by atoms with Crippen molar-refractivity contribution in [3.63, 3.8) is 0 Å². The summed E-state index contributed by atoms with van der Waals surface area (Å²) in [6, 6.07) is 36.1. The van der Waals surface area contributed by atoms with Crippen molar-refractivity contribution in [3.05, 3.63) is 160 Å². The van der Waals surface area contributed by atoms with Gasteiger partial charge in [0.2, 0.25) is 5.91 Å². The van der Waals surface area contributed by atoms with Crippen molar-refractivity contribution in [2.45, 2.75) is 17.1 Å². The van der Waals surface area contributed by atoms with E-state index in [4.69, 9.17) is 16.3 Å². The molecule has 0 heterocycles. The Morgan fingerprint density at radius 1 is 0.800 bits per heavy atom. The fourth-order valence-electron chi connectivity index (χ4n) is 4.76. The van der Waals surface area contributed by atoms with E-state index in [-0.39, 0.29) is 22.2 Å². The minimum atomic E-state index is -1.20. The Bertz CT molecular complexity index is 2000. The Kier molecular flexibility index (Phi) is 12.1. The summed E-state index contributed by atoms with van der Waals surface area (Å²) >= 11 is 7.29. The van der Waals surface area contributed by atoms with Gasteiger partial charge in [0.25, 0.3) is 11.8 Å². The van der Waals surface area contributed by atoms with Crippen molar-refractivity contribution >= 4 is 64.5 Å². The number of rotatable bonds is 13. The van der Waals surface area contributed by atoms with Crippen LogP contribution < -0.4 is 20.7 Å². The Morgan fingerprint density at radius 2 is 1.44 bits per heavy atom. The molecule has 0 aliphatic heterocycles. The topological polar surface area (TPSA) is 134 Å². The van der Waals surface area contributed by atoms with Crippen molar-refractivity contribution in [3.8, 4) is 5.75 Å². The SMILES string of the molecule is CCOc1ccc(/C=C(\NC(=O)c2ccccc2)C(=O)Nc2ccc(SC(C(=O)Nc3ccc(Cl)c(C(=O)O)c3)c3ccccc3)cc2)cc1. The van der Waals surface area contributed by atoms with Crippen LogP contribution in [0.1, 0.15) is 44.0 Å². The molecule has 9 nitrogen and oxygen atoms in total. The summed E-state index contributed by atoms with van der Waals surface area (Å²) in [6.45, 7) is 2.41. The second-order valence-electron chi connectivity index (χ2n) is 10.8. The van der Waals surface area contributed by atoms with Gasteiger partial charge in [-0.15, -0.1) is 11.8 Å². The minimum Gasteiger partial charge on any atom is -0.494 e. The average molecular weight is 706 g/mol. The summed E-state index contributed by atoms with van der Waals surface area (Å²) in [6.07, 6.45) is 1.58. The van der Waals surface area contributed by atoms with Gasteiger partial charge in [0.05, 0.1) is 17.2 Å². The first kappa shape index (κ1) is 35.5. The van der Waals surface area contributed by atoms with Gasteiger partial charge >= 0.3 is 5.97 Å². The summed E-state index contributed by atoms with van der Waals surface area (Å²) in [4.78, 5) is 52.4. The molecule has 5 aromatic rings. The number of hydrogen-bond donors (Lipinski definition) is 4. The number of carboxylic acid groups (broad SMARTS) is 1. The highest BCUT2D eigenvalue weighted by molar-refractivity contribution is 8.00. The maximum absolute atomic E-state index is 13.5. The van der Waals surface area contributed by atoms with E-state index in [2.05, 4.69) is 16.0 Å². The maximum atomic E-state index is 13.5. The van der Waals surface area contributed by atoms with Gasteiger partial charge in [0.1, 0.15) is 16.7 Å². The highest BCUT2D eigenvalue weighted by Gasteiger charge is 2.23. The zero-order chi connectivity index (χ0) is 35.5. The van der Waals surface area contributed by atoms with Crippen molar-refractivity contribution in [1.82, 2.24) is 5.32 Å². The van der Waals surface area contributed by atoms with E-state index in [0.29, 0.717) is 34.9 Å². The highest BCUT2D eigenvalue weighted by Crippen LogP contribution is 2.37. The van der Waals surface area contributed by atoms with Crippen LogP contribution in [0.4, 0.5) is 11.4 Å². The summed E-state index contributed by atoms with van der Waals surface area (Å²) < 4.78 is 5.51. The third kappa shape index (κ3) is 9.62. The molecule has 50 heavy (non-hydrogen) atoms. The molecule has 252 valence electrons. The number of hydrogen-bond acceptors (Lipinski definition) is 6. The molecule has 1 atom stereocenters. The van der Waals surface area contributed by atoms with E-state index >= 15 is 0 Å². The van der Waals surface area contributed by atoms with E-state index in [9.17, 15) is 24.3 Å². The first-order valence-electron chi connectivity index (χ1n) is 15.5. The van der Waals surface area contributed by atoms with E-state index in [0.717, 1.165) is 10.5 Å². The molecule has 0 aliphatic rings. The van der Waals surface area contributed by atoms with Crippen LogP contribution in [0.15, 0.2) is 138 Å². The average Bonchev–Trinajstić information content (AvgIpc) is 3.13. The molecule has 0 bridgehead atoms. The predicted octanol–water partition coefficient (Wildman–Crippen LogP) is 8.32. The zero-order valence-corrected chi connectivity index (χ0v) is 28.3. The molecule has 5 aromatic carbocycles. The standard InChI is InChI=1S/C39H32ClN3O6S/c1-2-49-30-18-13-25(14-19-30)23-34(43-36(44)27-11-7-4-8-12-27)37(45)41-28-15-20-31(21-16-28)50-35(26-9-5-3-6-10-26)38(46)42-29-17-22-33(40)32(24-29)39(47)48/h3-24,35H,2H2,1H3,(H,41,45)(H,42,46)(H,43,44)(H,47,48)/b34-23-. The van der Waals surface area contributed by atoms with E-state index in [1.54, 1.807) is 84.9 Å². The molecule has 4 N–H and O–H groups in total. The van der Waals surface area contributed by atoms with Crippen LogP contribution in [0.2, 0.25) is 5.02 Å². The van der Waals surface area contributed by atoms with Crippen molar-refractivity contribution in [2.24, 2.45) is 0 Å². The number of halogens is 1. The lowest BCUT2D eigenvalue weighted by Crippen LogP contribution is -2.30. The maximum Gasteiger partial charge on any atom is 0.337 e. The lowest BCUT2D eigenvalue weighted by Gasteiger charge is -2.18. The Balaban J connectivity index is 1.33. The van der Waals surface area contributed by atoms with Gasteiger partial charge in [-0.05, 0) is 90.9 Å². The van der Waals surface area contributed by atoms with Gasteiger partial charge in [0.15, 0.2) is 0 Å². The smallest absolute Gasteiger partial charge is 0.337 e. The first-order chi connectivity index (χ1) is 24.2. The van der Waals surface area contributed by atoms with E-state index in [1.807, 2.05) is 37.3 Å². The number of anilines is 2. The van der Waals surface area contributed by atoms with Crippen LogP contribution in [-0.4, -0.2) is 35.4 Å². The molecule has 0 saturated heterocycles. The summed E-state index contributed by atoms with van der Waals surface area (Å²) in [5.74, 6) is -1.85. The monoisotopic (exact) mass is 705 g/mol. The molecule has 11 heteroatoms. The summed E-state index contributed by atoms with van der Waals surface area (Å²) in [5, 5.41) is 17.2. The van der Waals surface area contributed by atoms with Gasteiger partial charge in [-0.3, -0.25) is 14.4 Å². The number of carboxylic acids is 1. The molecular weight excluding hydrogens is 674 g/mol. The van der Waals surface area contributed by atoms with Gasteiger partial charge < -0.3 is 25.8 Å². The van der Waals surface area contributed by atoms with Crippen LogP contribution in [0, 0.1) is 0 Å². The van der Waals surface area contributed by atoms with Gasteiger partial charge in [-0.1, -0.05) is 72.3 Å². The van der Waals surface area contributed by atoms with Crippen molar-refractivity contribution in [1.29, 1.82) is 0 Å². The highest BCUT2D eigenvalue weighted by atomic mass is 35.5. The number of thioether (sulfide) groups is 1. The molecule has 0 radical (unpaired) electrons. The molecule has 0 aliphatic carbocycles. The third-order valence-corrected chi connectivity index (χ3v) is 8.80. The molecular formula is C39H32ClN3O6S. The number of carbonyl (C=O) groups excluding carboxylic acids is 3. The zero-order valence-electron chi connectivity index (χ0n) is 26.8. The molecule has 5 rings (SSSR count). The van der Waals surface area contributed by atoms with Crippen LogP contribution in [-0.2, 0) is 9.59 Å². The predicted molar refractivity (Wildman–Crippen MR) is 197 cm³/mol. The summed E-state index contributed by atoms with van der Waals surface area (Å²) in [5.41, 5.74) is 2.49. The molecule has 1 unspecified atom stereocenters. The van der Waals surface area contributed by atoms with Crippen LogP contribution >= 0.6 is 23.4 Å². The Morgan fingerprint density at radius 3 is 2.08 bits per heavy atom. The lowest BCUT2D eigenvalue weighted by atomic mass is 10.1. The third-order valence-electron chi connectivity index (χ3n) is 7.20. The van der Waals surface area contributed by atoms with Crippen LogP contribution in [0.3, 0.4) is 0 Å². The number of ether oxygens (including phenoxy) is 1. The Hall–Kier alpha value is -5.84. The lowest BCUT2D eigenvalue weighted by molar-refractivity contribution is -0.116. The Labute approximate surface area is 298 Å². The molecule has 0 fully saturated rings. The minimum absolute atomic E-state index is 0.0375. The van der Waals surface area contributed by atoms with E-state index < -0.39 is 23.0 Å². The van der Waals surface area contributed by atoms with E-state index in [1.165, 1.54) is 30.0 Å². The van der Waals surface area contributed by atoms with Crippen LogP contribution in [0.25, 0.3) is 6.08 Å². The van der Waals surface area contributed by atoms with Crippen molar-refractivity contribution in [2.75, 3.05) is 17.2 Å². The largest absolute Gasteiger partial charge is 0.494 e. The fourth-order valence-corrected chi connectivity index (χ4v) is 5.99. The molecule has 0 saturated carbocycles. The molecule has 0 spiro atoms. The van der Waals surface area contributed by atoms with Gasteiger partial charge in [-0.2, -0.15) is 0 Å². The second-order valence-corrected chi connectivity index (χ2v) is 12.3. The quantitative estimate of drug-likeness (QED) is 0.0715. The second kappa shape index (κ2) is 17.0. The molecule has 0 aromatic heterocycles. The summed E-state index contributed by atoms with van der Waals surface area (Å²) in [7, 11) is 0. The number of amides is 3. The number of nitrogens with one attached hydrogen (secondary N) is 3. The van der Waals surface area contributed by atoms with Crippen LogP contribution in [0.5, 0.6) is 5.75 Å².